The van der Waals surface area contributed by atoms with Crippen molar-refractivity contribution in [2.24, 2.45) is 23.7 Å². The number of nitrogens with two attached hydrogens (primary N) is 2. The largest absolute Gasteiger partial charge is 0.492 e. The number of nitrogen functional groups attached to an aromatic ring is 2. The van der Waals surface area contributed by atoms with Crippen molar-refractivity contribution in [2.45, 2.75) is 44.9 Å². The topological polar surface area (TPSA) is 107 Å². The lowest BCUT2D eigenvalue weighted by atomic mass is 9.86. The first-order valence-electron chi connectivity index (χ1n) is 11.3. The summed E-state index contributed by atoms with van der Waals surface area (Å²) in [4.78, 5) is 23.2. The van der Waals surface area contributed by atoms with Crippen LogP contribution >= 0.6 is 0 Å². The van der Waals surface area contributed by atoms with Crippen molar-refractivity contribution >= 4 is 28.6 Å². The Labute approximate surface area is 177 Å². The summed E-state index contributed by atoms with van der Waals surface area (Å²) in [7, 11) is 0. The highest BCUT2D eigenvalue weighted by molar-refractivity contribution is 5.94. The van der Waals surface area contributed by atoms with Gasteiger partial charge in [0.2, 0.25) is 11.9 Å². The summed E-state index contributed by atoms with van der Waals surface area (Å²) in [6.45, 7) is 2.29. The summed E-state index contributed by atoms with van der Waals surface area (Å²) in [5.74, 6) is 4.36. The molecule has 2 aliphatic carbocycles. The van der Waals surface area contributed by atoms with Crippen LogP contribution < -0.4 is 16.2 Å². The molecule has 3 fully saturated rings. The lowest BCUT2D eigenvalue weighted by Crippen LogP contribution is -2.40. The van der Waals surface area contributed by atoms with Crippen molar-refractivity contribution in [3.05, 3.63) is 18.2 Å². The van der Waals surface area contributed by atoms with E-state index in [0.717, 1.165) is 44.2 Å². The van der Waals surface area contributed by atoms with Gasteiger partial charge in [0.05, 0.1) is 17.5 Å². The lowest BCUT2D eigenvalue weighted by molar-refractivity contribution is -0.134. The molecule has 1 aromatic carbocycles. The van der Waals surface area contributed by atoms with Crippen molar-refractivity contribution in [1.82, 2.24) is 14.9 Å². The molecule has 2 bridgehead atoms. The van der Waals surface area contributed by atoms with E-state index < -0.39 is 0 Å². The van der Waals surface area contributed by atoms with Crippen LogP contribution in [-0.2, 0) is 4.79 Å². The van der Waals surface area contributed by atoms with Gasteiger partial charge in [0.15, 0.2) is 0 Å². The normalized spacial score (nSPS) is 26.4. The summed E-state index contributed by atoms with van der Waals surface area (Å²) in [5, 5.41) is 0.713. The van der Waals surface area contributed by atoms with E-state index in [4.69, 9.17) is 16.2 Å². The van der Waals surface area contributed by atoms with E-state index in [2.05, 4.69) is 14.9 Å². The fourth-order valence-corrected chi connectivity index (χ4v) is 5.85. The lowest BCUT2D eigenvalue weighted by Gasteiger charge is -2.33. The van der Waals surface area contributed by atoms with E-state index >= 15 is 0 Å². The van der Waals surface area contributed by atoms with Gasteiger partial charge in [-0.2, -0.15) is 4.98 Å². The van der Waals surface area contributed by atoms with Gasteiger partial charge in [-0.25, -0.2) is 4.98 Å². The Balaban J connectivity index is 1.14. The Morgan fingerprint density at radius 2 is 1.93 bits per heavy atom. The maximum absolute atomic E-state index is 12.8. The van der Waals surface area contributed by atoms with E-state index in [-0.39, 0.29) is 5.95 Å². The predicted molar refractivity (Wildman–Crippen MR) is 117 cm³/mol. The highest BCUT2D eigenvalue weighted by Gasteiger charge is 2.40. The maximum Gasteiger partial charge on any atom is 0.222 e. The molecule has 1 amide bonds. The molecule has 0 spiro atoms. The number of amides is 1. The summed E-state index contributed by atoms with van der Waals surface area (Å²) in [6.07, 6.45) is 8.11. The molecule has 4 N–H and O–H groups in total. The van der Waals surface area contributed by atoms with Gasteiger partial charge >= 0.3 is 0 Å². The van der Waals surface area contributed by atoms with Crippen LogP contribution in [0.25, 0.3) is 10.9 Å². The zero-order chi connectivity index (χ0) is 20.7. The number of nitrogens with zero attached hydrogens (tertiary/aromatic N) is 3. The summed E-state index contributed by atoms with van der Waals surface area (Å²) in [6, 6.07) is 5.64. The molecule has 0 radical (unpaired) electrons. The van der Waals surface area contributed by atoms with E-state index in [9.17, 15) is 4.79 Å². The third kappa shape index (κ3) is 3.77. The molecule has 1 aliphatic heterocycles. The minimum Gasteiger partial charge on any atom is -0.492 e. The Hall–Kier alpha value is -2.57. The van der Waals surface area contributed by atoms with Crippen molar-refractivity contribution in [1.29, 1.82) is 0 Å². The molecule has 5 rings (SSSR count). The fourth-order valence-electron chi connectivity index (χ4n) is 5.85. The Morgan fingerprint density at radius 1 is 1.10 bits per heavy atom. The first kappa shape index (κ1) is 19.4. The van der Waals surface area contributed by atoms with Gasteiger partial charge < -0.3 is 21.1 Å². The number of likely N-dealkylation sites (tertiary alicyclic amines) is 1. The third-order valence-corrected chi connectivity index (χ3v) is 7.49. The van der Waals surface area contributed by atoms with Crippen LogP contribution in [0.4, 0.5) is 11.8 Å². The molecule has 2 saturated carbocycles. The van der Waals surface area contributed by atoms with Crippen LogP contribution in [0, 0.1) is 23.7 Å². The average Bonchev–Trinajstić information content (AvgIpc) is 3.35. The van der Waals surface area contributed by atoms with Crippen LogP contribution in [0.3, 0.4) is 0 Å². The number of benzene rings is 1. The van der Waals surface area contributed by atoms with Gasteiger partial charge in [-0.1, -0.05) is 12.5 Å². The molecule has 3 aliphatic rings. The van der Waals surface area contributed by atoms with E-state index in [1.807, 2.05) is 18.2 Å². The van der Waals surface area contributed by atoms with Crippen molar-refractivity contribution < 1.29 is 9.53 Å². The minimum atomic E-state index is 0.166. The zero-order valence-electron chi connectivity index (χ0n) is 17.4. The molecular formula is C23H31N5O2. The third-order valence-electron chi connectivity index (χ3n) is 7.49. The summed E-state index contributed by atoms with van der Waals surface area (Å²) >= 11 is 0. The fraction of sp³-hybridized carbons (Fsp3) is 0.609. The Morgan fingerprint density at radius 3 is 2.67 bits per heavy atom. The second kappa shape index (κ2) is 7.93. The van der Waals surface area contributed by atoms with E-state index in [1.165, 1.54) is 25.7 Å². The van der Waals surface area contributed by atoms with Crippen molar-refractivity contribution in [3.8, 4) is 5.75 Å². The number of hydrogen-bond donors (Lipinski definition) is 2. The van der Waals surface area contributed by atoms with E-state index in [1.54, 1.807) is 0 Å². The second-order valence-electron chi connectivity index (χ2n) is 9.39. The highest BCUT2D eigenvalue weighted by atomic mass is 16.5. The van der Waals surface area contributed by atoms with E-state index in [0.29, 0.717) is 46.8 Å². The molecule has 7 heteroatoms. The number of aromatic nitrogens is 2. The van der Waals surface area contributed by atoms with Crippen LogP contribution in [0.15, 0.2) is 18.2 Å². The number of piperidine rings is 1. The van der Waals surface area contributed by atoms with Crippen LogP contribution in [0.2, 0.25) is 0 Å². The van der Waals surface area contributed by atoms with Crippen LogP contribution in [-0.4, -0.2) is 40.5 Å². The molecule has 1 saturated heterocycles. The first-order chi connectivity index (χ1) is 14.6. The number of carbonyl (C=O) groups excluding carboxylic acids is 1. The standard InChI is InChI=1S/C23H31N5O2/c24-22-21-18(26-23(25)27-22)2-1-3-19(21)30-13-14-6-8-28(9-7-14)20(29)12-17-11-15-4-5-16(17)10-15/h1-3,14-17H,4-13H2,(H4,24,25,26,27). The molecule has 7 nitrogen and oxygen atoms in total. The van der Waals surface area contributed by atoms with Gasteiger partial charge in [-0.15, -0.1) is 0 Å². The van der Waals surface area contributed by atoms with Gasteiger partial charge in [-0.05, 0) is 67.9 Å². The molecular weight excluding hydrogens is 378 g/mol. The number of hydrogen-bond acceptors (Lipinski definition) is 6. The van der Waals surface area contributed by atoms with Crippen molar-refractivity contribution in [3.63, 3.8) is 0 Å². The van der Waals surface area contributed by atoms with Gasteiger partial charge in [0.1, 0.15) is 11.6 Å². The zero-order valence-corrected chi connectivity index (χ0v) is 17.4. The SMILES string of the molecule is Nc1nc(N)c2c(OCC3CCN(C(=O)CC4CC5CCC4C5)CC3)cccc2n1. The van der Waals surface area contributed by atoms with Crippen LogP contribution in [0.1, 0.15) is 44.9 Å². The number of ether oxygens (including phenoxy) is 1. The molecule has 2 aromatic rings. The second-order valence-corrected chi connectivity index (χ2v) is 9.39. The number of rotatable bonds is 5. The number of carbonyl (C=O) groups is 1. The molecule has 2 heterocycles. The molecule has 30 heavy (non-hydrogen) atoms. The van der Waals surface area contributed by atoms with Gasteiger partial charge in [0, 0.05) is 19.5 Å². The van der Waals surface area contributed by atoms with Crippen molar-refractivity contribution in [2.75, 3.05) is 31.2 Å². The first-order valence-corrected chi connectivity index (χ1v) is 11.3. The Kier molecular flexibility index (Phi) is 5.13. The molecule has 160 valence electrons. The molecule has 1 aromatic heterocycles. The van der Waals surface area contributed by atoms with Crippen LogP contribution in [0.5, 0.6) is 5.75 Å². The monoisotopic (exact) mass is 409 g/mol. The molecule has 3 unspecified atom stereocenters. The maximum atomic E-state index is 12.8. The summed E-state index contributed by atoms with van der Waals surface area (Å²) in [5.41, 5.74) is 12.4. The number of fused-ring (bicyclic) bond motifs is 3. The molecule has 3 atom stereocenters. The summed E-state index contributed by atoms with van der Waals surface area (Å²) < 4.78 is 6.11. The average molecular weight is 410 g/mol. The Bertz CT molecular complexity index is 941. The van der Waals surface area contributed by atoms with Gasteiger partial charge in [0.25, 0.3) is 0 Å². The quantitative estimate of drug-likeness (QED) is 0.785. The smallest absolute Gasteiger partial charge is 0.222 e. The highest BCUT2D eigenvalue weighted by Crippen LogP contribution is 2.49. The van der Waals surface area contributed by atoms with Gasteiger partial charge in [-0.3, -0.25) is 4.79 Å². The minimum absolute atomic E-state index is 0.166. The number of anilines is 2. The predicted octanol–water partition coefficient (Wildman–Crippen LogP) is 3.24.